The summed E-state index contributed by atoms with van der Waals surface area (Å²) in [6.45, 7) is 3.41. The molecule has 0 aromatic carbocycles. The van der Waals surface area contributed by atoms with E-state index in [4.69, 9.17) is 5.11 Å². The van der Waals surface area contributed by atoms with Gasteiger partial charge in [0.1, 0.15) is 0 Å². The molecular weight excluding hydrogens is 108 g/mol. The molecule has 4 nitrogen and oxygen atoms in total. The number of hydrogen-bond acceptors (Lipinski definition) is 2. The van der Waals surface area contributed by atoms with Crippen LogP contribution in [0.15, 0.2) is 5.10 Å². The van der Waals surface area contributed by atoms with E-state index in [1.807, 2.05) is 5.43 Å². The molecule has 0 saturated heterocycles. The first-order chi connectivity index (χ1) is 3.63. The molecule has 0 fully saturated rings. The van der Waals surface area contributed by atoms with E-state index in [1.165, 1.54) is 0 Å². The predicted molar refractivity (Wildman–Crippen MR) is 29.9 cm³/mol. The quantitative estimate of drug-likeness (QED) is 0.390. The second-order valence-electron chi connectivity index (χ2n) is 1.48. The minimum absolute atomic E-state index is 0.687. The van der Waals surface area contributed by atoms with Crippen molar-refractivity contribution in [3.05, 3.63) is 0 Å². The van der Waals surface area contributed by atoms with Gasteiger partial charge in [-0.25, -0.2) is 10.2 Å². The van der Waals surface area contributed by atoms with Gasteiger partial charge in [0.2, 0.25) is 0 Å². The third-order valence-corrected chi connectivity index (χ3v) is 0.375. The Kier molecular flexibility index (Phi) is 2.61. The summed E-state index contributed by atoms with van der Waals surface area (Å²) in [5.74, 6) is 0. The fourth-order valence-corrected chi connectivity index (χ4v) is 0.160. The second kappa shape index (κ2) is 3.01. The first-order valence-electron chi connectivity index (χ1n) is 2.12. The van der Waals surface area contributed by atoms with Gasteiger partial charge >= 0.3 is 6.09 Å². The molecule has 0 aromatic rings. The van der Waals surface area contributed by atoms with E-state index >= 15 is 0 Å². The molecule has 0 radical (unpaired) electrons. The number of hydrazone groups is 1. The van der Waals surface area contributed by atoms with E-state index in [-0.39, 0.29) is 0 Å². The Morgan fingerprint density at radius 3 is 2.25 bits per heavy atom. The zero-order valence-corrected chi connectivity index (χ0v) is 4.80. The molecule has 0 saturated carbocycles. The fourth-order valence-electron chi connectivity index (χ4n) is 0.160. The van der Waals surface area contributed by atoms with Gasteiger partial charge in [0, 0.05) is 5.71 Å². The van der Waals surface area contributed by atoms with Crippen molar-refractivity contribution < 1.29 is 9.90 Å². The van der Waals surface area contributed by atoms with Crippen LogP contribution in [0.1, 0.15) is 13.8 Å². The van der Waals surface area contributed by atoms with Crippen LogP contribution >= 0.6 is 0 Å². The maximum atomic E-state index is 9.69. The molecule has 0 atom stereocenters. The monoisotopic (exact) mass is 116 g/mol. The molecule has 0 spiro atoms. The Morgan fingerprint density at radius 1 is 1.62 bits per heavy atom. The molecule has 8 heavy (non-hydrogen) atoms. The van der Waals surface area contributed by atoms with Gasteiger partial charge < -0.3 is 5.11 Å². The van der Waals surface area contributed by atoms with E-state index in [0.29, 0.717) is 5.71 Å². The summed E-state index contributed by atoms with van der Waals surface area (Å²) in [6.07, 6.45) is -1.13. The van der Waals surface area contributed by atoms with Gasteiger partial charge in [-0.2, -0.15) is 5.10 Å². The minimum Gasteiger partial charge on any atom is -0.464 e. The average Bonchev–Trinajstić information content (AvgIpc) is 1.61. The molecule has 2 N–H and O–H groups in total. The second-order valence-corrected chi connectivity index (χ2v) is 1.48. The van der Waals surface area contributed by atoms with Crippen molar-refractivity contribution in [3.8, 4) is 0 Å². The van der Waals surface area contributed by atoms with E-state index in [0.717, 1.165) is 0 Å². The summed E-state index contributed by atoms with van der Waals surface area (Å²) in [5, 5.41) is 11.3. The van der Waals surface area contributed by atoms with Crippen LogP contribution in [-0.2, 0) is 0 Å². The largest absolute Gasteiger partial charge is 0.464 e. The number of amides is 1. The summed E-state index contributed by atoms with van der Waals surface area (Å²) in [5.41, 5.74) is 2.54. The highest BCUT2D eigenvalue weighted by Gasteiger charge is 1.85. The maximum Gasteiger partial charge on any atom is 0.425 e. The lowest BCUT2D eigenvalue weighted by molar-refractivity contribution is 0.195. The van der Waals surface area contributed by atoms with Crippen LogP contribution in [0.4, 0.5) is 4.79 Å². The molecule has 0 aliphatic heterocycles. The Morgan fingerprint density at radius 2 is 2.12 bits per heavy atom. The van der Waals surface area contributed by atoms with Crippen LogP contribution in [0, 0.1) is 0 Å². The number of nitrogens with zero attached hydrogens (tertiary/aromatic N) is 1. The highest BCUT2D eigenvalue weighted by molar-refractivity contribution is 5.80. The number of carboxylic acid groups (broad SMARTS) is 1. The number of nitrogens with one attached hydrogen (secondary N) is 1. The van der Waals surface area contributed by atoms with Gasteiger partial charge in [-0.15, -0.1) is 0 Å². The van der Waals surface area contributed by atoms with Crippen molar-refractivity contribution >= 4 is 11.8 Å². The third-order valence-electron chi connectivity index (χ3n) is 0.375. The Labute approximate surface area is 47.2 Å². The number of carbonyl (C=O) groups is 1. The standard InChI is InChI=1S/C4H8N2O2/c1-3(2)5-6-4(7)8/h6H,1-2H3,(H,7,8). The van der Waals surface area contributed by atoms with E-state index in [9.17, 15) is 4.79 Å². The van der Waals surface area contributed by atoms with E-state index < -0.39 is 6.09 Å². The van der Waals surface area contributed by atoms with Gasteiger partial charge in [-0.05, 0) is 13.8 Å². The molecule has 4 heteroatoms. The first kappa shape index (κ1) is 6.94. The summed E-state index contributed by atoms with van der Waals surface area (Å²) in [4.78, 5) is 9.69. The first-order valence-corrected chi connectivity index (χ1v) is 2.12. The third kappa shape index (κ3) is 4.94. The number of rotatable bonds is 1. The normalized spacial score (nSPS) is 7.75. The van der Waals surface area contributed by atoms with Crippen LogP contribution in [0.2, 0.25) is 0 Å². The highest BCUT2D eigenvalue weighted by atomic mass is 16.4. The molecule has 0 aromatic heterocycles. The molecule has 1 amide bonds. The van der Waals surface area contributed by atoms with Crippen molar-refractivity contribution in [2.45, 2.75) is 13.8 Å². The van der Waals surface area contributed by atoms with Gasteiger partial charge in [0.05, 0.1) is 0 Å². The highest BCUT2D eigenvalue weighted by Crippen LogP contribution is 1.68. The minimum atomic E-state index is -1.13. The van der Waals surface area contributed by atoms with Gasteiger partial charge in [-0.3, -0.25) is 0 Å². The van der Waals surface area contributed by atoms with Gasteiger partial charge in [0.25, 0.3) is 0 Å². The van der Waals surface area contributed by atoms with Gasteiger partial charge in [-0.1, -0.05) is 0 Å². The summed E-state index contributed by atoms with van der Waals surface area (Å²) in [7, 11) is 0. The van der Waals surface area contributed by atoms with E-state index in [2.05, 4.69) is 5.10 Å². The SMILES string of the molecule is CC(C)=NNC(=O)O. The molecule has 0 bridgehead atoms. The topological polar surface area (TPSA) is 61.7 Å². The van der Waals surface area contributed by atoms with Crippen LogP contribution < -0.4 is 5.43 Å². The summed E-state index contributed by atoms with van der Waals surface area (Å²) in [6, 6.07) is 0. The molecule has 0 aliphatic carbocycles. The van der Waals surface area contributed by atoms with Crippen molar-refractivity contribution in [2.24, 2.45) is 5.10 Å². The van der Waals surface area contributed by atoms with Crippen molar-refractivity contribution in [1.29, 1.82) is 0 Å². The smallest absolute Gasteiger partial charge is 0.425 e. The molecule has 0 heterocycles. The van der Waals surface area contributed by atoms with E-state index in [1.54, 1.807) is 13.8 Å². The Hall–Kier alpha value is -1.06. The Bertz CT molecular complexity index is 115. The van der Waals surface area contributed by atoms with Crippen molar-refractivity contribution in [1.82, 2.24) is 5.43 Å². The number of hydrogen-bond donors (Lipinski definition) is 2. The lowest BCUT2D eigenvalue weighted by atomic mass is 10.5. The molecule has 46 valence electrons. The van der Waals surface area contributed by atoms with Crippen LogP contribution in [-0.4, -0.2) is 16.9 Å². The zero-order valence-electron chi connectivity index (χ0n) is 4.80. The average molecular weight is 116 g/mol. The van der Waals surface area contributed by atoms with Crippen LogP contribution in [0.3, 0.4) is 0 Å². The predicted octanol–water partition coefficient (Wildman–Crippen LogP) is 0.650. The lowest BCUT2D eigenvalue weighted by Crippen LogP contribution is -2.14. The van der Waals surface area contributed by atoms with Gasteiger partial charge in [0.15, 0.2) is 0 Å². The molecular formula is C4H8N2O2. The zero-order chi connectivity index (χ0) is 6.57. The Balaban J connectivity index is 3.45. The molecule has 0 aliphatic rings. The van der Waals surface area contributed by atoms with Crippen molar-refractivity contribution in [3.63, 3.8) is 0 Å². The fraction of sp³-hybridized carbons (Fsp3) is 0.500. The lowest BCUT2D eigenvalue weighted by Gasteiger charge is -1.88. The van der Waals surface area contributed by atoms with Crippen molar-refractivity contribution in [2.75, 3.05) is 0 Å². The van der Waals surface area contributed by atoms with Crippen LogP contribution in [0.25, 0.3) is 0 Å². The molecule has 0 unspecified atom stereocenters. The summed E-state index contributed by atoms with van der Waals surface area (Å²) >= 11 is 0. The summed E-state index contributed by atoms with van der Waals surface area (Å²) < 4.78 is 0. The maximum absolute atomic E-state index is 9.69. The molecule has 0 rings (SSSR count). The van der Waals surface area contributed by atoms with Crippen LogP contribution in [0.5, 0.6) is 0 Å².